The molecule has 1 N–H and O–H groups in total. The highest BCUT2D eigenvalue weighted by Crippen LogP contribution is 2.19. The molecule has 25 heavy (non-hydrogen) atoms. The first-order valence-corrected chi connectivity index (χ1v) is 8.40. The van der Waals surface area contributed by atoms with Crippen LogP contribution in [0.2, 0.25) is 0 Å². The first-order valence-electron chi connectivity index (χ1n) is 8.40. The number of nitrogens with zero attached hydrogens (tertiary/aromatic N) is 5. The van der Waals surface area contributed by atoms with Crippen LogP contribution in [-0.2, 0) is 0 Å². The Kier molecular flexibility index (Phi) is 5.02. The summed E-state index contributed by atoms with van der Waals surface area (Å²) >= 11 is 0. The van der Waals surface area contributed by atoms with E-state index >= 15 is 0 Å². The third-order valence-electron chi connectivity index (χ3n) is 4.29. The number of aryl methyl sites for hydroxylation is 1. The SMILES string of the molecule is Cc1cccc(NC(=O)N2CCN(c3cnnc(N(C)C)c3)CC2)c1. The van der Waals surface area contributed by atoms with Crippen LogP contribution < -0.4 is 15.1 Å². The summed E-state index contributed by atoms with van der Waals surface area (Å²) in [5, 5.41) is 11.1. The molecular weight excluding hydrogens is 316 g/mol. The summed E-state index contributed by atoms with van der Waals surface area (Å²) in [7, 11) is 3.89. The molecule has 1 fully saturated rings. The molecule has 7 nitrogen and oxygen atoms in total. The molecule has 1 aromatic heterocycles. The van der Waals surface area contributed by atoms with Crippen molar-refractivity contribution in [2.75, 3.05) is 55.4 Å². The van der Waals surface area contributed by atoms with Crippen LogP contribution in [-0.4, -0.2) is 61.4 Å². The highest BCUT2D eigenvalue weighted by atomic mass is 16.2. The lowest BCUT2D eigenvalue weighted by Gasteiger charge is -2.36. The zero-order valence-electron chi connectivity index (χ0n) is 14.9. The number of carbonyl (C=O) groups is 1. The summed E-state index contributed by atoms with van der Waals surface area (Å²) in [4.78, 5) is 18.4. The van der Waals surface area contributed by atoms with E-state index in [9.17, 15) is 4.79 Å². The zero-order chi connectivity index (χ0) is 17.8. The minimum absolute atomic E-state index is 0.0490. The normalized spacial score (nSPS) is 14.4. The van der Waals surface area contributed by atoms with E-state index in [0.717, 1.165) is 35.8 Å². The average Bonchev–Trinajstić information content (AvgIpc) is 2.62. The molecule has 2 amide bonds. The van der Waals surface area contributed by atoms with E-state index in [1.54, 1.807) is 6.20 Å². The Balaban J connectivity index is 1.58. The molecule has 0 spiro atoms. The van der Waals surface area contributed by atoms with Crippen molar-refractivity contribution in [1.29, 1.82) is 0 Å². The smallest absolute Gasteiger partial charge is 0.321 e. The van der Waals surface area contributed by atoms with Gasteiger partial charge in [-0.05, 0) is 24.6 Å². The molecule has 7 heteroatoms. The van der Waals surface area contributed by atoms with Crippen molar-refractivity contribution in [3.8, 4) is 0 Å². The summed E-state index contributed by atoms with van der Waals surface area (Å²) in [6, 6.07) is 9.81. The fraction of sp³-hybridized carbons (Fsp3) is 0.389. The van der Waals surface area contributed by atoms with Gasteiger partial charge in [-0.1, -0.05) is 12.1 Å². The first-order chi connectivity index (χ1) is 12.0. The standard InChI is InChI=1S/C18H24N6O/c1-14-5-4-6-15(11-14)20-18(25)24-9-7-23(8-10-24)16-12-17(22(2)3)21-19-13-16/h4-6,11-13H,7-10H2,1-3H3,(H,20,25). The van der Waals surface area contributed by atoms with E-state index < -0.39 is 0 Å². The van der Waals surface area contributed by atoms with Crippen LogP contribution in [0.25, 0.3) is 0 Å². The minimum atomic E-state index is -0.0490. The van der Waals surface area contributed by atoms with Crippen LogP contribution in [0.3, 0.4) is 0 Å². The Bertz CT molecular complexity index is 740. The molecule has 0 saturated carbocycles. The number of piperazine rings is 1. The second-order valence-corrected chi connectivity index (χ2v) is 6.44. The molecule has 0 unspecified atom stereocenters. The molecule has 1 aliphatic heterocycles. The Morgan fingerprint density at radius 2 is 1.92 bits per heavy atom. The molecular formula is C18H24N6O. The van der Waals surface area contributed by atoms with Crippen molar-refractivity contribution >= 4 is 23.2 Å². The number of urea groups is 1. The van der Waals surface area contributed by atoms with E-state index in [1.807, 2.05) is 61.2 Å². The van der Waals surface area contributed by atoms with Gasteiger partial charge in [-0.15, -0.1) is 5.10 Å². The lowest BCUT2D eigenvalue weighted by molar-refractivity contribution is 0.208. The van der Waals surface area contributed by atoms with Gasteiger partial charge in [0.25, 0.3) is 0 Å². The number of carbonyl (C=O) groups excluding carboxylic acids is 1. The number of amides is 2. The van der Waals surface area contributed by atoms with Crippen molar-refractivity contribution in [3.05, 3.63) is 42.1 Å². The van der Waals surface area contributed by atoms with Gasteiger partial charge in [0.15, 0.2) is 5.82 Å². The zero-order valence-corrected chi connectivity index (χ0v) is 14.9. The van der Waals surface area contributed by atoms with Gasteiger partial charge in [0.1, 0.15) is 0 Å². The highest BCUT2D eigenvalue weighted by molar-refractivity contribution is 5.89. The predicted octanol–water partition coefficient (Wildman–Crippen LogP) is 2.21. The van der Waals surface area contributed by atoms with Crippen molar-refractivity contribution in [2.24, 2.45) is 0 Å². The fourth-order valence-electron chi connectivity index (χ4n) is 2.83. The molecule has 0 aliphatic carbocycles. The number of nitrogens with one attached hydrogen (secondary N) is 1. The molecule has 1 aromatic carbocycles. The topological polar surface area (TPSA) is 64.6 Å². The summed E-state index contributed by atoms with van der Waals surface area (Å²) in [5.41, 5.74) is 3.00. The predicted molar refractivity (Wildman–Crippen MR) is 100 cm³/mol. The van der Waals surface area contributed by atoms with Crippen molar-refractivity contribution in [3.63, 3.8) is 0 Å². The maximum Gasteiger partial charge on any atom is 0.321 e. The number of hydrogen-bond donors (Lipinski definition) is 1. The number of anilines is 3. The molecule has 0 radical (unpaired) electrons. The average molecular weight is 340 g/mol. The quantitative estimate of drug-likeness (QED) is 0.928. The van der Waals surface area contributed by atoms with Gasteiger partial charge in [0.2, 0.25) is 0 Å². The maximum absolute atomic E-state index is 12.4. The van der Waals surface area contributed by atoms with Crippen LogP contribution in [0.1, 0.15) is 5.56 Å². The summed E-state index contributed by atoms with van der Waals surface area (Å²) in [5.74, 6) is 0.831. The lowest BCUT2D eigenvalue weighted by atomic mass is 10.2. The fourth-order valence-corrected chi connectivity index (χ4v) is 2.83. The van der Waals surface area contributed by atoms with Crippen LogP contribution in [0.15, 0.2) is 36.5 Å². The van der Waals surface area contributed by atoms with Gasteiger partial charge < -0.3 is 20.0 Å². The molecule has 1 aliphatic rings. The van der Waals surface area contributed by atoms with Gasteiger partial charge in [0, 0.05) is 52.0 Å². The van der Waals surface area contributed by atoms with Crippen molar-refractivity contribution in [1.82, 2.24) is 15.1 Å². The molecule has 3 rings (SSSR count). The van der Waals surface area contributed by atoms with Gasteiger partial charge >= 0.3 is 6.03 Å². The second-order valence-electron chi connectivity index (χ2n) is 6.44. The minimum Gasteiger partial charge on any atom is -0.367 e. The van der Waals surface area contributed by atoms with Crippen LogP contribution in [0, 0.1) is 6.92 Å². The van der Waals surface area contributed by atoms with Crippen LogP contribution >= 0.6 is 0 Å². The molecule has 132 valence electrons. The van der Waals surface area contributed by atoms with Gasteiger partial charge in [-0.2, -0.15) is 5.10 Å². The summed E-state index contributed by atoms with van der Waals surface area (Å²) in [6.45, 7) is 4.92. The molecule has 0 bridgehead atoms. The third-order valence-corrected chi connectivity index (χ3v) is 4.29. The molecule has 2 heterocycles. The lowest BCUT2D eigenvalue weighted by Crippen LogP contribution is -2.50. The molecule has 0 atom stereocenters. The maximum atomic E-state index is 12.4. The molecule has 1 saturated heterocycles. The van der Waals surface area contributed by atoms with E-state index in [0.29, 0.717) is 13.1 Å². The Hall–Kier alpha value is -2.83. The van der Waals surface area contributed by atoms with E-state index in [1.165, 1.54) is 0 Å². The van der Waals surface area contributed by atoms with Crippen molar-refractivity contribution < 1.29 is 4.79 Å². The Morgan fingerprint density at radius 3 is 2.60 bits per heavy atom. The van der Waals surface area contributed by atoms with E-state index in [4.69, 9.17) is 0 Å². The number of rotatable bonds is 3. The van der Waals surface area contributed by atoms with E-state index in [-0.39, 0.29) is 6.03 Å². The summed E-state index contributed by atoms with van der Waals surface area (Å²) in [6.07, 6.45) is 1.77. The monoisotopic (exact) mass is 340 g/mol. The largest absolute Gasteiger partial charge is 0.367 e. The first kappa shape index (κ1) is 17.0. The van der Waals surface area contributed by atoms with Crippen LogP contribution in [0.5, 0.6) is 0 Å². The van der Waals surface area contributed by atoms with Gasteiger partial charge in [-0.3, -0.25) is 0 Å². The van der Waals surface area contributed by atoms with Gasteiger partial charge in [-0.25, -0.2) is 4.79 Å². The molecule has 2 aromatic rings. The Morgan fingerprint density at radius 1 is 1.16 bits per heavy atom. The summed E-state index contributed by atoms with van der Waals surface area (Å²) < 4.78 is 0. The Labute approximate surface area is 148 Å². The second kappa shape index (κ2) is 7.38. The van der Waals surface area contributed by atoms with Crippen LogP contribution in [0.4, 0.5) is 22.0 Å². The number of aromatic nitrogens is 2. The highest BCUT2D eigenvalue weighted by Gasteiger charge is 2.22. The van der Waals surface area contributed by atoms with Crippen molar-refractivity contribution in [2.45, 2.75) is 6.92 Å². The van der Waals surface area contributed by atoms with E-state index in [2.05, 4.69) is 20.4 Å². The van der Waals surface area contributed by atoms with Gasteiger partial charge in [0.05, 0.1) is 11.9 Å². The third kappa shape index (κ3) is 4.17. The number of hydrogen-bond acceptors (Lipinski definition) is 5. The number of benzene rings is 1.